The summed E-state index contributed by atoms with van der Waals surface area (Å²) in [5.74, 6) is 7.12. The molecule has 0 amide bonds. The van der Waals surface area contributed by atoms with Gasteiger partial charge in [-0.25, -0.2) is 4.98 Å². The predicted octanol–water partition coefficient (Wildman–Crippen LogP) is 2.55. The SMILES string of the molecule is C/C=C\C(C#Cc1ccc2c(=O)n3c(nc2c1)CN1CCC3C1)=NCC. The van der Waals surface area contributed by atoms with Crippen LogP contribution in [0.4, 0.5) is 0 Å². The van der Waals surface area contributed by atoms with Crippen molar-refractivity contribution >= 4 is 16.6 Å². The number of aromatic nitrogens is 2. The first kappa shape index (κ1) is 16.7. The first-order valence-electron chi connectivity index (χ1n) is 9.16. The maximum absolute atomic E-state index is 12.9. The average Bonchev–Trinajstić information content (AvgIpc) is 3.01. The Hall–Kier alpha value is -2.71. The van der Waals surface area contributed by atoms with Crippen LogP contribution in [0.5, 0.6) is 0 Å². The molecule has 0 saturated carbocycles. The predicted molar refractivity (Wildman–Crippen MR) is 105 cm³/mol. The van der Waals surface area contributed by atoms with Crippen molar-refractivity contribution in [1.82, 2.24) is 14.5 Å². The smallest absolute Gasteiger partial charge is 0.261 e. The molecule has 3 heterocycles. The van der Waals surface area contributed by atoms with E-state index in [0.29, 0.717) is 11.9 Å². The molecular weight excluding hydrogens is 324 g/mol. The third kappa shape index (κ3) is 2.97. The number of benzene rings is 1. The van der Waals surface area contributed by atoms with E-state index in [1.54, 1.807) is 0 Å². The lowest BCUT2D eigenvalue weighted by molar-refractivity contribution is 0.266. The van der Waals surface area contributed by atoms with Gasteiger partial charge >= 0.3 is 0 Å². The van der Waals surface area contributed by atoms with E-state index in [1.807, 2.05) is 48.8 Å². The molecule has 2 bridgehead atoms. The standard InChI is InChI=1S/C21H22N4O/c1-3-5-16(22-4-2)8-6-15-7-9-18-19(12-15)23-20-14-24-11-10-17(13-24)25(20)21(18)26/h3,5,7,9,12,17H,4,10-11,13-14H2,1-2H3/b5-3-,22-16?. The van der Waals surface area contributed by atoms with Crippen LogP contribution in [0.1, 0.15) is 37.7 Å². The van der Waals surface area contributed by atoms with Crippen molar-refractivity contribution < 1.29 is 0 Å². The van der Waals surface area contributed by atoms with Gasteiger partial charge in [0.15, 0.2) is 0 Å². The molecule has 2 aliphatic rings. The average molecular weight is 346 g/mol. The lowest BCUT2D eigenvalue weighted by Crippen LogP contribution is -2.37. The topological polar surface area (TPSA) is 50.5 Å². The molecule has 0 aliphatic carbocycles. The Labute approximate surface area is 153 Å². The number of allylic oxidation sites excluding steroid dienone is 2. The zero-order valence-corrected chi connectivity index (χ0v) is 15.2. The van der Waals surface area contributed by atoms with E-state index in [1.165, 1.54) is 0 Å². The molecule has 1 fully saturated rings. The summed E-state index contributed by atoms with van der Waals surface area (Å²) in [5, 5.41) is 0.676. The summed E-state index contributed by atoms with van der Waals surface area (Å²) >= 11 is 0. The van der Waals surface area contributed by atoms with Gasteiger partial charge in [-0.3, -0.25) is 19.3 Å². The molecule has 5 heteroatoms. The zero-order valence-electron chi connectivity index (χ0n) is 15.2. The van der Waals surface area contributed by atoms with E-state index >= 15 is 0 Å². The summed E-state index contributed by atoms with van der Waals surface area (Å²) < 4.78 is 1.91. The Bertz CT molecular complexity index is 1040. The van der Waals surface area contributed by atoms with Crippen molar-refractivity contribution in [3.8, 4) is 11.8 Å². The highest BCUT2D eigenvalue weighted by Gasteiger charge is 2.32. The summed E-state index contributed by atoms with van der Waals surface area (Å²) in [6.07, 6.45) is 4.87. The summed E-state index contributed by atoms with van der Waals surface area (Å²) in [4.78, 5) is 24.5. The van der Waals surface area contributed by atoms with Crippen LogP contribution >= 0.6 is 0 Å². The summed E-state index contributed by atoms with van der Waals surface area (Å²) in [5.41, 5.74) is 2.42. The molecule has 4 rings (SSSR count). The van der Waals surface area contributed by atoms with E-state index < -0.39 is 0 Å². The Kier molecular flexibility index (Phi) is 4.44. The van der Waals surface area contributed by atoms with Crippen LogP contribution in [0.15, 0.2) is 40.1 Å². The van der Waals surface area contributed by atoms with E-state index in [2.05, 4.69) is 21.7 Å². The number of fused-ring (bicyclic) bond motifs is 5. The molecule has 2 aliphatic heterocycles. The third-order valence-corrected chi connectivity index (χ3v) is 4.94. The molecule has 5 nitrogen and oxygen atoms in total. The summed E-state index contributed by atoms with van der Waals surface area (Å²) in [7, 11) is 0. The lowest BCUT2D eigenvalue weighted by Gasteiger charge is -2.26. The minimum absolute atomic E-state index is 0.0817. The number of hydrogen-bond acceptors (Lipinski definition) is 4. The molecule has 0 radical (unpaired) electrons. The van der Waals surface area contributed by atoms with Gasteiger partial charge in [-0.05, 0) is 50.5 Å². The fraction of sp³-hybridized carbons (Fsp3) is 0.381. The first-order chi connectivity index (χ1) is 12.7. The van der Waals surface area contributed by atoms with E-state index in [-0.39, 0.29) is 11.6 Å². The molecule has 2 unspecified atom stereocenters. The van der Waals surface area contributed by atoms with Crippen LogP contribution in [0.3, 0.4) is 0 Å². The fourth-order valence-electron chi connectivity index (χ4n) is 3.78. The molecule has 2 atom stereocenters. The van der Waals surface area contributed by atoms with Crippen LogP contribution in [0.25, 0.3) is 10.9 Å². The van der Waals surface area contributed by atoms with Crippen molar-refractivity contribution in [1.29, 1.82) is 0 Å². The van der Waals surface area contributed by atoms with Gasteiger partial charge in [0.2, 0.25) is 0 Å². The molecule has 1 saturated heterocycles. The van der Waals surface area contributed by atoms with Crippen molar-refractivity contribution in [3.63, 3.8) is 0 Å². The molecule has 26 heavy (non-hydrogen) atoms. The Morgan fingerprint density at radius 3 is 3.15 bits per heavy atom. The van der Waals surface area contributed by atoms with Gasteiger partial charge < -0.3 is 0 Å². The molecule has 1 aromatic heterocycles. The normalized spacial score (nSPS) is 21.7. The van der Waals surface area contributed by atoms with E-state index in [4.69, 9.17) is 4.98 Å². The van der Waals surface area contributed by atoms with Gasteiger partial charge in [-0.2, -0.15) is 0 Å². The van der Waals surface area contributed by atoms with Crippen molar-refractivity contribution in [2.24, 2.45) is 4.99 Å². The quantitative estimate of drug-likeness (QED) is 0.620. The first-order valence-corrected chi connectivity index (χ1v) is 9.16. The van der Waals surface area contributed by atoms with Gasteiger partial charge in [-0.1, -0.05) is 12.0 Å². The molecular formula is C21H22N4O. The van der Waals surface area contributed by atoms with Gasteiger partial charge in [0.1, 0.15) is 11.5 Å². The van der Waals surface area contributed by atoms with Crippen molar-refractivity contribution in [3.05, 3.63) is 52.1 Å². The number of nitrogens with zero attached hydrogens (tertiary/aromatic N) is 4. The van der Waals surface area contributed by atoms with Gasteiger partial charge in [0.25, 0.3) is 5.56 Å². The molecule has 132 valence electrons. The molecule has 0 spiro atoms. The minimum Gasteiger partial charge on any atom is -0.294 e. The van der Waals surface area contributed by atoms with Gasteiger partial charge in [0, 0.05) is 25.2 Å². The minimum atomic E-state index is 0.0817. The zero-order chi connectivity index (χ0) is 18.1. The maximum Gasteiger partial charge on any atom is 0.261 e. The highest BCUT2D eigenvalue weighted by atomic mass is 16.1. The number of hydrogen-bond donors (Lipinski definition) is 0. The van der Waals surface area contributed by atoms with E-state index in [0.717, 1.165) is 48.7 Å². The Balaban J connectivity index is 1.77. The molecule has 2 aromatic rings. The second-order valence-corrected chi connectivity index (χ2v) is 6.72. The largest absolute Gasteiger partial charge is 0.294 e. The Morgan fingerprint density at radius 2 is 2.35 bits per heavy atom. The lowest BCUT2D eigenvalue weighted by atomic mass is 10.1. The molecule has 1 aromatic carbocycles. The fourth-order valence-corrected chi connectivity index (χ4v) is 3.78. The second kappa shape index (κ2) is 6.89. The highest BCUT2D eigenvalue weighted by Crippen LogP contribution is 2.28. The highest BCUT2D eigenvalue weighted by molar-refractivity contribution is 6.09. The van der Waals surface area contributed by atoms with Crippen LogP contribution in [-0.4, -0.2) is 39.8 Å². The van der Waals surface area contributed by atoms with Gasteiger partial charge in [-0.15, -0.1) is 0 Å². The summed E-state index contributed by atoms with van der Waals surface area (Å²) in [6.45, 7) is 7.41. The Morgan fingerprint density at radius 1 is 1.46 bits per heavy atom. The third-order valence-electron chi connectivity index (χ3n) is 4.94. The number of rotatable bonds is 2. The maximum atomic E-state index is 12.9. The van der Waals surface area contributed by atoms with Crippen LogP contribution in [0.2, 0.25) is 0 Å². The van der Waals surface area contributed by atoms with Crippen molar-refractivity contribution in [2.75, 3.05) is 19.6 Å². The molecule has 0 N–H and O–H groups in total. The van der Waals surface area contributed by atoms with Gasteiger partial charge in [0.05, 0.1) is 23.5 Å². The van der Waals surface area contributed by atoms with E-state index in [9.17, 15) is 4.79 Å². The van der Waals surface area contributed by atoms with Crippen molar-refractivity contribution in [2.45, 2.75) is 32.9 Å². The second-order valence-electron chi connectivity index (χ2n) is 6.72. The van der Waals surface area contributed by atoms with Crippen LogP contribution in [0, 0.1) is 11.8 Å². The van der Waals surface area contributed by atoms with Crippen LogP contribution < -0.4 is 5.56 Å². The summed E-state index contributed by atoms with van der Waals surface area (Å²) in [6, 6.07) is 5.94. The number of aliphatic imine (C=N–C) groups is 1. The monoisotopic (exact) mass is 346 g/mol. The van der Waals surface area contributed by atoms with Crippen LogP contribution in [-0.2, 0) is 6.54 Å².